The first-order chi connectivity index (χ1) is 11.8. The molecular formula is C15H20F2N6O2. The molecule has 0 aliphatic rings. The van der Waals surface area contributed by atoms with Crippen molar-refractivity contribution in [3.8, 4) is 0 Å². The molecule has 2 heterocycles. The number of hydrogen-bond donors (Lipinski definition) is 2. The number of halogens is 2. The van der Waals surface area contributed by atoms with Crippen LogP contribution in [0, 0.1) is 5.92 Å². The number of nitrogens with one attached hydrogen (secondary N) is 2. The molecule has 0 saturated heterocycles. The maximum absolute atomic E-state index is 12.8. The highest BCUT2D eigenvalue weighted by atomic mass is 19.3. The molecule has 2 amide bonds. The first kappa shape index (κ1) is 18.6. The van der Waals surface area contributed by atoms with Gasteiger partial charge in [0.15, 0.2) is 5.69 Å². The zero-order chi connectivity index (χ0) is 18.6. The molecule has 0 aromatic carbocycles. The van der Waals surface area contributed by atoms with Crippen molar-refractivity contribution in [2.24, 2.45) is 13.0 Å². The van der Waals surface area contributed by atoms with E-state index in [0.29, 0.717) is 5.92 Å². The highest BCUT2D eigenvalue weighted by Gasteiger charge is 2.22. The van der Waals surface area contributed by atoms with Crippen molar-refractivity contribution in [1.82, 2.24) is 24.9 Å². The minimum absolute atomic E-state index is 0.110. The number of carbonyl (C=O) groups excluding carboxylic acids is 2. The average molecular weight is 354 g/mol. The van der Waals surface area contributed by atoms with E-state index in [1.165, 1.54) is 13.2 Å². The van der Waals surface area contributed by atoms with E-state index in [4.69, 9.17) is 0 Å². The number of aromatic nitrogens is 4. The Balaban J connectivity index is 1.90. The number of anilines is 1. The van der Waals surface area contributed by atoms with E-state index in [0.717, 1.165) is 16.8 Å². The molecule has 10 heteroatoms. The topological polar surface area (TPSA) is 93.8 Å². The van der Waals surface area contributed by atoms with Gasteiger partial charge in [-0.1, -0.05) is 13.8 Å². The van der Waals surface area contributed by atoms with Crippen molar-refractivity contribution in [3.63, 3.8) is 0 Å². The number of carbonyl (C=O) groups is 2. The number of aryl methyl sites for hydroxylation is 1. The van der Waals surface area contributed by atoms with Crippen LogP contribution in [0.15, 0.2) is 18.6 Å². The maximum atomic E-state index is 12.8. The van der Waals surface area contributed by atoms with Crippen LogP contribution in [0.1, 0.15) is 31.5 Å². The predicted molar refractivity (Wildman–Crippen MR) is 85.7 cm³/mol. The Kier molecular flexibility index (Phi) is 5.84. The SMILES string of the molecule is CC(C)Cn1cc(CNC(=O)C(=O)Nc2cn(C)nc2C(F)F)cn1. The van der Waals surface area contributed by atoms with Gasteiger partial charge in [-0.2, -0.15) is 10.2 Å². The molecule has 0 aliphatic heterocycles. The molecule has 0 aliphatic carbocycles. The van der Waals surface area contributed by atoms with Crippen molar-refractivity contribution in [2.75, 3.05) is 5.32 Å². The lowest BCUT2D eigenvalue weighted by molar-refractivity contribution is -0.136. The lowest BCUT2D eigenvalue weighted by Crippen LogP contribution is -2.35. The van der Waals surface area contributed by atoms with Gasteiger partial charge in [-0.3, -0.25) is 19.0 Å². The summed E-state index contributed by atoms with van der Waals surface area (Å²) in [5.41, 5.74) is -0.0440. The predicted octanol–water partition coefficient (Wildman–Crippen LogP) is 1.47. The van der Waals surface area contributed by atoms with Gasteiger partial charge in [-0.15, -0.1) is 0 Å². The van der Waals surface area contributed by atoms with E-state index >= 15 is 0 Å². The van der Waals surface area contributed by atoms with Gasteiger partial charge in [0.2, 0.25) is 0 Å². The van der Waals surface area contributed by atoms with E-state index < -0.39 is 23.9 Å². The van der Waals surface area contributed by atoms with Gasteiger partial charge in [0.05, 0.1) is 11.9 Å². The molecule has 0 saturated carbocycles. The van der Waals surface area contributed by atoms with Gasteiger partial charge in [-0.05, 0) is 5.92 Å². The van der Waals surface area contributed by atoms with Crippen molar-refractivity contribution in [3.05, 3.63) is 29.8 Å². The largest absolute Gasteiger partial charge is 0.344 e. The summed E-state index contributed by atoms with van der Waals surface area (Å²) < 4.78 is 28.5. The summed E-state index contributed by atoms with van der Waals surface area (Å²) in [6.45, 7) is 4.96. The minimum atomic E-state index is -2.86. The summed E-state index contributed by atoms with van der Waals surface area (Å²) in [6.07, 6.45) is 1.72. The molecule has 25 heavy (non-hydrogen) atoms. The van der Waals surface area contributed by atoms with Crippen LogP contribution in [-0.2, 0) is 29.7 Å². The lowest BCUT2D eigenvalue weighted by atomic mass is 10.2. The Morgan fingerprint density at radius 1 is 1.24 bits per heavy atom. The van der Waals surface area contributed by atoms with Crippen LogP contribution in [0.25, 0.3) is 0 Å². The summed E-state index contributed by atoms with van der Waals surface area (Å²) in [6, 6.07) is 0. The quantitative estimate of drug-likeness (QED) is 0.768. The molecule has 0 atom stereocenters. The number of alkyl halides is 2. The van der Waals surface area contributed by atoms with Crippen LogP contribution in [0.4, 0.5) is 14.5 Å². The fraction of sp³-hybridized carbons (Fsp3) is 0.467. The highest BCUT2D eigenvalue weighted by Crippen LogP contribution is 2.24. The number of amides is 2. The first-order valence-electron chi connectivity index (χ1n) is 7.68. The second-order valence-electron chi connectivity index (χ2n) is 6.00. The van der Waals surface area contributed by atoms with E-state index in [9.17, 15) is 18.4 Å². The lowest BCUT2D eigenvalue weighted by Gasteiger charge is -2.06. The fourth-order valence-electron chi connectivity index (χ4n) is 2.18. The standard InChI is InChI=1S/C15H20F2N6O2/c1-9(2)6-23-7-10(5-19-23)4-18-14(24)15(25)20-11-8-22(3)21-12(11)13(16)17/h5,7-9,13H,4,6H2,1-3H3,(H,18,24)(H,20,25). The van der Waals surface area contributed by atoms with Crippen molar-refractivity contribution in [2.45, 2.75) is 33.4 Å². The normalized spacial score (nSPS) is 11.2. The molecule has 0 fully saturated rings. The van der Waals surface area contributed by atoms with Gasteiger partial charge >= 0.3 is 11.8 Å². The van der Waals surface area contributed by atoms with Crippen LogP contribution in [0.3, 0.4) is 0 Å². The summed E-state index contributed by atoms with van der Waals surface area (Å²) in [7, 11) is 1.44. The molecule has 0 bridgehead atoms. The second-order valence-corrected chi connectivity index (χ2v) is 6.00. The number of hydrogen-bond acceptors (Lipinski definition) is 4. The Hall–Kier alpha value is -2.78. The zero-order valence-electron chi connectivity index (χ0n) is 14.2. The zero-order valence-corrected chi connectivity index (χ0v) is 14.2. The van der Waals surface area contributed by atoms with Crippen molar-refractivity contribution < 1.29 is 18.4 Å². The third-order valence-electron chi connectivity index (χ3n) is 3.21. The molecule has 2 aromatic rings. The van der Waals surface area contributed by atoms with Crippen LogP contribution in [0.5, 0.6) is 0 Å². The molecule has 8 nitrogen and oxygen atoms in total. The average Bonchev–Trinajstić information content (AvgIpc) is 3.10. The highest BCUT2D eigenvalue weighted by molar-refractivity contribution is 6.39. The van der Waals surface area contributed by atoms with Crippen molar-refractivity contribution in [1.29, 1.82) is 0 Å². The fourth-order valence-corrected chi connectivity index (χ4v) is 2.18. The van der Waals surface area contributed by atoms with Crippen LogP contribution in [-0.4, -0.2) is 31.4 Å². The van der Waals surface area contributed by atoms with Crippen molar-refractivity contribution >= 4 is 17.5 Å². The van der Waals surface area contributed by atoms with Crippen LogP contribution >= 0.6 is 0 Å². The van der Waals surface area contributed by atoms with Gasteiger partial charge < -0.3 is 10.6 Å². The van der Waals surface area contributed by atoms with Gasteiger partial charge in [0, 0.05) is 38.1 Å². The van der Waals surface area contributed by atoms with Crippen LogP contribution in [0.2, 0.25) is 0 Å². The Morgan fingerprint density at radius 3 is 2.60 bits per heavy atom. The van der Waals surface area contributed by atoms with Gasteiger partial charge in [0.1, 0.15) is 0 Å². The van der Waals surface area contributed by atoms with E-state index in [1.54, 1.807) is 17.1 Å². The number of nitrogens with zero attached hydrogens (tertiary/aromatic N) is 4. The monoisotopic (exact) mass is 354 g/mol. The second kappa shape index (κ2) is 7.86. The molecule has 2 rings (SSSR count). The van der Waals surface area contributed by atoms with Gasteiger partial charge in [0.25, 0.3) is 6.43 Å². The molecule has 2 N–H and O–H groups in total. The first-order valence-corrected chi connectivity index (χ1v) is 7.68. The van der Waals surface area contributed by atoms with E-state index in [1.807, 2.05) is 0 Å². The molecule has 136 valence electrons. The summed E-state index contributed by atoms with van der Waals surface area (Å²) in [5, 5.41) is 12.3. The molecule has 2 aromatic heterocycles. The molecule has 0 spiro atoms. The van der Waals surface area contributed by atoms with Gasteiger partial charge in [-0.25, -0.2) is 8.78 Å². The third-order valence-corrected chi connectivity index (χ3v) is 3.21. The maximum Gasteiger partial charge on any atom is 0.313 e. The summed E-state index contributed by atoms with van der Waals surface area (Å²) >= 11 is 0. The summed E-state index contributed by atoms with van der Waals surface area (Å²) in [4.78, 5) is 23.7. The summed E-state index contributed by atoms with van der Waals surface area (Å²) in [5.74, 6) is -1.54. The van der Waals surface area contributed by atoms with E-state index in [2.05, 4.69) is 34.7 Å². The van der Waals surface area contributed by atoms with Crippen LogP contribution < -0.4 is 10.6 Å². The Morgan fingerprint density at radius 2 is 1.96 bits per heavy atom. The molecule has 0 radical (unpaired) electrons. The third kappa shape index (κ3) is 5.10. The Labute approximate surface area is 143 Å². The minimum Gasteiger partial charge on any atom is -0.344 e. The van der Waals surface area contributed by atoms with E-state index in [-0.39, 0.29) is 12.2 Å². The smallest absolute Gasteiger partial charge is 0.313 e. The number of rotatable bonds is 6. The molecule has 0 unspecified atom stereocenters. The molecular weight excluding hydrogens is 334 g/mol. The Bertz CT molecular complexity index is 753.